The lowest BCUT2D eigenvalue weighted by atomic mass is 10.2. The lowest BCUT2D eigenvalue weighted by molar-refractivity contribution is 0.0945. The molecule has 28 heavy (non-hydrogen) atoms. The number of nitrogens with one attached hydrogen (secondary N) is 1. The molecule has 1 saturated heterocycles. The zero-order chi connectivity index (χ0) is 19.5. The molecule has 0 aliphatic carbocycles. The lowest BCUT2D eigenvalue weighted by Gasteiger charge is -2.16. The maximum Gasteiger partial charge on any atom is 0.274 e. The minimum absolute atomic E-state index is 0.259. The van der Waals surface area contributed by atoms with Crippen LogP contribution in [0.2, 0.25) is 5.02 Å². The van der Waals surface area contributed by atoms with E-state index in [4.69, 9.17) is 11.6 Å². The summed E-state index contributed by atoms with van der Waals surface area (Å²) >= 11 is 6.04. The topological polar surface area (TPSA) is 75.9 Å². The summed E-state index contributed by atoms with van der Waals surface area (Å²) in [6.45, 7) is 4.29. The molecule has 0 atom stereocenters. The van der Waals surface area contributed by atoms with Gasteiger partial charge in [0.1, 0.15) is 5.82 Å². The maximum atomic E-state index is 12.6. The van der Waals surface area contributed by atoms with Crippen molar-refractivity contribution in [2.75, 3.05) is 18.0 Å². The van der Waals surface area contributed by atoms with Crippen LogP contribution in [0.1, 0.15) is 34.6 Å². The van der Waals surface area contributed by atoms with E-state index in [0.29, 0.717) is 23.0 Å². The van der Waals surface area contributed by atoms with Crippen LogP contribution in [0.5, 0.6) is 0 Å². The lowest BCUT2D eigenvalue weighted by Crippen LogP contribution is -2.24. The highest BCUT2D eigenvalue weighted by atomic mass is 35.5. The largest absolute Gasteiger partial charge is 0.357 e. The number of halogens is 1. The average Bonchev–Trinajstić information content (AvgIpc) is 3.36. The molecule has 0 saturated carbocycles. The van der Waals surface area contributed by atoms with Crippen molar-refractivity contribution in [1.29, 1.82) is 0 Å². The second kappa shape index (κ2) is 7.98. The molecule has 1 N–H and O–H groups in total. The Hall–Kier alpha value is -2.93. The first-order chi connectivity index (χ1) is 13.6. The number of anilines is 1. The number of rotatable bonds is 5. The molecule has 0 unspecified atom stereocenters. The Labute approximate surface area is 168 Å². The number of hydrogen-bond acceptors (Lipinski definition) is 5. The Morgan fingerprint density at radius 1 is 1.21 bits per heavy atom. The van der Waals surface area contributed by atoms with E-state index in [2.05, 4.69) is 25.5 Å². The number of carbonyl (C=O) groups is 1. The average molecular weight is 397 g/mol. The van der Waals surface area contributed by atoms with Crippen molar-refractivity contribution in [3.63, 3.8) is 0 Å². The van der Waals surface area contributed by atoms with Crippen LogP contribution in [0.25, 0.3) is 5.69 Å². The van der Waals surface area contributed by atoms with E-state index in [1.807, 2.05) is 31.2 Å². The second-order valence-corrected chi connectivity index (χ2v) is 7.25. The number of benzene rings is 1. The van der Waals surface area contributed by atoms with Gasteiger partial charge < -0.3 is 10.2 Å². The van der Waals surface area contributed by atoms with Crippen LogP contribution >= 0.6 is 11.6 Å². The molecule has 1 fully saturated rings. The zero-order valence-corrected chi connectivity index (χ0v) is 16.4. The first-order valence-corrected chi connectivity index (χ1v) is 9.66. The van der Waals surface area contributed by atoms with Crippen LogP contribution in [0.3, 0.4) is 0 Å². The van der Waals surface area contributed by atoms with Crippen LogP contribution < -0.4 is 10.2 Å². The van der Waals surface area contributed by atoms with Gasteiger partial charge in [-0.3, -0.25) is 4.79 Å². The molecule has 8 heteroatoms. The molecule has 0 radical (unpaired) electrons. The number of hydrogen-bond donors (Lipinski definition) is 1. The van der Waals surface area contributed by atoms with Crippen molar-refractivity contribution in [2.24, 2.45) is 0 Å². The van der Waals surface area contributed by atoms with E-state index in [1.165, 1.54) is 12.8 Å². The van der Waals surface area contributed by atoms with E-state index >= 15 is 0 Å². The smallest absolute Gasteiger partial charge is 0.274 e. The van der Waals surface area contributed by atoms with Crippen LogP contribution in [0.4, 0.5) is 5.82 Å². The highest BCUT2D eigenvalue weighted by Gasteiger charge is 2.18. The summed E-state index contributed by atoms with van der Waals surface area (Å²) in [4.78, 5) is 19.3. The summed E-state index contributed by atoms with van der Waals surface area (Å²) in [6, 6.07) is 11.2. The molecule has 4 rings (SSSR count). The van der Waals surface area contributed by atoms with Crippen LogP contribution in [0, 0.1) is 6.92 Å². The van der Waals surface area contributed by atoms with Crippen LogP contribution in [-0.4, -0.2) is 39.0 Å². The molecule has 2 aromatic heterocycles. The van der Waals surface area contributed by atoms with Crippen molar-refractivity contribution in [1.82, 2.24) is 25.3 Å². The zero-order valence-electron chi connectivity index (χ0n) is 15.6. The van der Waals surface area contributed by atoms with E-state index in [9.17, 15) is 4.79 Å². The number of carbonyl (C=O) groups excluding carboxylic acids is 1. The summed E-state index contributed by atoms with van der Waals surface area (Å²) in [5.74, 6) is 0.706. The molecule has 1 aliphatic heterocycles. The third kappa shape index (κ3) is 3.84. The van der Waals surface area contributed by atoms with Gasteiger partial charge in [-0.15, -0.1) is 5.10 Å². The fraction of sp³-hybridized carbons (Fsp3) is 0.300. The molecule has 1 amide bonds. The fourth-order valence-corrected chi connectivity index (χ4v) is 3.53. The summed E-state index contributed by atoms with van der Waals surface area (Å²) in [7, 11) is 0. The molecule has 1 aliphatic rings. The predicted molar refractivity (Wildman–Crippen MR) is 108 cm³/mol. The minimum atomic E-state index is -0.259. The van der Waals surface area contributed by atoms with Gasteiger partial charge in [0.2, 0.25) is 0 Å². The third-order valence-electron chi connectivity index (χ3n) is 4.86. The molecule has 0 bridgehead atoms. The Balaban J connectivity index is 1.45. The summed E-state index contributed by atoms with van der Waals surface area (Å²) in [6.07, 6.45) is 4.18. The van der Waals surface area contributed by atoms with Gasteiger partial charge in [-0.1, -0.05) is 22.9 Å². The van der Waals surface area contributed by atoms with Gasteiger partial charge in [-0.2, -0.15) is 0 Å². The first kappa shape index (κ1) is 18.4. The van der Waals surface area contributed by atoms with E-state index < -0.39 is 0 Å². The normalized spacial score (nSPS) is 13.7. The van der Waals surface area contributed by atoms with Gasteiger partial charge in [-0.25, -0.2) is 9.67 Å². The van der Waals surface area contributed by atoms with Gasteiger partial charge in [-0.05, 0) is 55.7 Å². The fourth-order valence-electron chi connectivity index (χ4n) is 3.35. The quantitative estimate of drug-likeness (QED) is 0.716. The summed E-state index contributed by atoms with van der Waals surface area (Å²) in [5, 5.41) is 11.7. The summed E-state index contributed by atoms with van der Waals surface area (Å²) in [5.41, 5.74) is 2.73. The first-order valence-electron chi connectivity index (χ1n) is 9.28. The molecule has 144 valence electrons. The molecule has 0 spiro atoms. The van der Waals surface area contributed by atoms with E-state index in [-0.39, 0.29) is 5.91 Å². The van der Waals surface area contributed by atoms with Gasteiger partial charge in [0.25, 0.3) is 5.91 Å². The Kier molecular flexibility index (Phi) is 5.25. The SMILES string of the molecule is Cc1c(C(=O)NCc2ccnc(N3CCCC3)c2)nnn1-c1cccc(Cl)c1. The molecule has 7 nitrogen and oxygen atoms in total. The monoisotopic (exact) mass is 396 g/mol. The second-order valence-electron chi connectivity index (χ2n) is 6.81. The number of nitrogens with zero attached hydrogens (tertiary/aromatic N) is 5. The third-order valence-corrected chi connectivity index (χ3v) is 5.09. The highest BCUT2D eigenvalue weighted by molar-refractivity contribution is 6.30. The van der Waals surface area contributed by atoms with E-state index in [0.717, 1.165) is 30.2 Å². The molecule has 3 heterocycles. The van der Waals surface area contributed by atoms with E-state index in [1.54, 1.807) is 23.0 Å². The predicted octanol–water partition coefficient (Wildman–Crippen LogP) is 3.15. The molecular formula is C20H21ClN6O. The minimum Gasteiger partial charge on any atom is -0.357 e. The van der Waals surface area contributed by atoms with Crippen LogP contribution in [-0.2, 0) is 6.54 Å². The molecule has 3 aromatic rings. The van der Waals surface area contributed by atoms with Crippen molar-refractivity contribution in [3.05, 3.63) is 64.6 Å². The Morgan fingerprint density at radius 2 is 2.04 bits per heavy atom. The number of aromatic nitrogens is 4. The number of amides is 1. The van der Waals surface area contributed by atoms with Crippen molar-refractivity contribution in [2.45, 2.75) is 26.3 Å². The van der Waals surface area contributed by atoms with Gasteiger partial charge >= 0.3 is 0 Å². The molecular weight excluding hydrogens is 376 g/mol. The number of pyridine rings is 1. The van der Waals surface area contributed by atoms with Crippen molar-refractivity contribution >= 4 is 23.3 Å². The Bertz CT molecular complexity index is 996. The van der Waals surface area contributed by atoms with Crippen molar-refractivity contribution in [3.8, 4) is 5.69 Å². The molecule has 1 aromatic carbocycles. The standard InChI is InChI=1S/C20H21ClN6O/c1-14-19(24-25-27(14)17-6-4-5-16(21)12-17)20(28)23-13-15-7-8-22-18(11-15)26-9-2-3-10-26/h4-8,11-12H,2-3,9-10,13H2,1H3,(H,23,28). The van der Waals surface area contributed by atoms with Crippen molar-refractivity contribution < 1.29 is 4.79 Å². The summed E-state index contributed by atoms with van der Waals surface area (Å²) < 4.78 is 1.61. The highest BCUT2D eigenvalue weighted by Crippen LogP contribution is 2.19. The van der Waals surface area contributed by atoms with Gasteiger partial charge in [0.15, 0.2) is 5.69 Å². The maximum absolute atomic E-state index is 12.6. The Morgan fingerprint density at radius 3 is 2.82 bits per heavy atom. The van der Waals surface area contributed by atoms with Gasteiger partial charge in [0.05, 0.1) is 11.4 Å². The van der Waals surface area contributed by atoms with Gasteiger partial charge in [0, 0.05) is 30.9 Å². The van der Waals surface area contributed by atoms with Crippen LogP contribution in [0.15, 0.2) is 42.6 Å².